The van der Waals surface area contributed by atoms with Crippen LogP contribution in [0.3, 0.4) is 0 Å². The lowest BCUT2D eigenvalue weighted by molar-refractivity contribution is -0.119. The Hall–Kier alpha value is -2.08. The van der Waals surface area contributed by atoms with Crippen molar-refractivity contribution in [2.45, 2.75) is 20.4 Å². The Bertz CT molecular complexity index is 666. The van der Waals surface area contributed by atoms with Gasteiger partial charge in [-0.3, -0.25) is 20.4 Å². The van der Waals surface area contributed by atoms with Crippen molar-refractivity contribution in [1.29, 1.82) is 0 Å². The van der Waals surface area contributed by atoms with Gasteiger partial charge in [0, 0.05) is 12.1 Å². The molecule has 0 aliphatic heterocycles. The minimum absolute atomic E-state index is 0.209. The van der Waals surface area contributed by atoms with Crippen LogP contribution in [0.1, 0.15) is 23.1 Å². The van der Waals surface area contributed by atoms with Gasteiger partial charge >= 0.3 is 0 Å². The highest BCUT2D eigenvalue weighted by Gasteiger charge is 2.11. The number of nitrogens with one attached hydrogen (secondary N) is 2. The molecular formula is C13H15ClN4O2. The molecule has 0 unspecified atom stereocenters. The molecule has 0 aliphatic rings. The first kappa shape index (κ1) is 14.3. The van der Waals surface area contributed by atoms with E-state index in [4.69, 9.17) is 11.6 Å². The zero-order valence-electron chi connectivity index (χ0n) is 11.2. The van der Waals surface area contributed by atoms with Crippen LogP contribution >= 0.6 is 11.6 Å². The van der Waals surface area contributed by atoms with Crippen LogP contribution in [-0.2, 0) is 11.3 Å². The summed E-state index contributed by atoms with van der Waals surface area (Å²) in [5, 5.41) is 0. The zero-order chi connectivity index (χ0) is 14.7. The van der Waals surface area contributed by atoms with Crippen LogP contribution in [0.2, 0.25) is 0 Å². The number of carbonyl (C=O) groups is 2. The lowest BCUT2D eigenvalue weighted by atomic mass is 10.2. The summed E-state index contributed by atoms with van der Waals surface area (Å²) in [6, 6.07) is 5.23. The number of benzene rings is 1. The maximum atomic E-state index is 11.9. The largest absolute Gasteiger partial charge is 0.329 e. The highest BCUT2D eigenvalue weighted by Crippen LogP contribution is 2.17. The average molecular weight is 295 g/mol. The number of hydrogen-bond acceptors (Lipinski definition) is 3. The molecule has 0 atom stereocenters. The van der Waals surface area contributed by atoms with Gasteiger partial charge in [0.25, 0.3) is 11.8 Å². The third kappa shape index (κ3) is 2.75. The number of alkyl halides is 1. The summed E-state index contributed by atoms with van der Waals surface area (Å²) < 4.78 is 2.06. The molecule has 2 N–H and O–H groups in total. The van der Waals surface area contributed by atoms with Crippen molar-refractivity contribution in [3.63, 3.8) is 0 Å². The normalized spacial score (nSPS) is 10.6. The molecule has 6 nitrogen and oxygen atoms in total. The Labute approximate surface area is 121 Å². The third-order valence-corrected chi connectivity index (χ3v) is 3.20. The van der Waals surface area contributed by atoms with Crippen LogP contribution < -0.4 is 10.9 Å². The molecule has 106 valence electrons. The van der Waals surface area contributed by atoms with Crippen molar-refractivity contribution in [3.05, 3.63) is 29.6 Å². The summed E-state index contributed by atoms with van der Waals surface area (Å²) in [5.41, 5.74) is 6.66. The smallest absolute Gasteiger partial charge is 0.269 e. The first-order valence-corrected chi connectivity index (χ1v) is 6.72. The van der Waals surface area contributed by atoms with E-state index < -0.39 is 11.8 Å². The number of fused-ring (bicyclic) bond motifs is 1. The van der Waals surface area contributed by atoms with Crippen LogP contribution in [0, 0.1) is 6.92 Å². The molecule has 1 heterocycles. The molecule has 2 amide bonds. The molecule has 7 heteroatoms. The van der Waals surface area contributed by atoms with Gasteiger partial charge in [0.15, 0.2) is 0 Å². The Morgan fingerprint density at radius 1 is 1.35 bits per heavy atom. The highest BCUT2D eigenvalue weighted by atomic mass is 35.5. The minimum atomic E-state index is -0.466. The van der Waals surface area contributed by atoms with Gasteiger partial charge in [0.1, 0.15) is 11.7 Å². The van der Waals surface area contributed by atoms with Gasteiger partial charge in [-0.05, 0) is 32.0 Å². The monoisotopic (exact) mass is 294 g/mol. The zero-order valence-corrected chi connectivity index (χ0v) is 12.0. The molecule has 0 saturated heterocycles. The summed E-state index contributed by atoms with van der Waals surface area (Å²) in [6.45, 7) is 4.78. The van der Waals surface area contributed by atoms with Crippen LogP contribution in [-0.4, -0.2) is 27.2 Å². The molecule has 20 heavy (non-hydrogen) atoms. The fourth-order valence-electron chi connectivity index (χ4n) is 2.02. The number of imidazole rings is 1. The SMILES string of the molecule is CCn1c(C)nc2cc(C(=O)NNC(=O)CCl)ccc21. The Morgan fingerprint density at radius 2 is 2.10 bits per heavy atom. The maximum Gasteiger partial charge on any atom is 0.269 e. The molecule has 0 radical (unpaired) electrons. The van der Waals surface area contributed by atoms with Crippen molar-refractivity contribution in [1.82, 2.24) is 20.4 Å². The summed E-state index contributed by atoms with van der Waals surface area (Å²) in [7, 11) is 0. The number of aromatic nitrogens is 2. The first-order chi connectivity index (χ1) is 9.56. The van der Waals surface area contributed by atoms with E-state index in [-0.39, 0.29) is 5.88 Å². The molecule has 1 aromatic carbocycles. The van der Waals surface area contributed by atoms with E-state index in [9.17, 15) is 9.59 Å². The molecular weight excluding hydrogens is 280 g/mol. The summed E-state index contributed by atoms with van der Waals surface area (Å²) in [6.07, 6.45) is 0. The first-order valence-electron chi connectivity index (χ1n) is 6.18. The topological polar surface area (TPSA) is 76.0 Å². The van der Waals surface area contributed by atoms with Crippen LogP contribution in [0.4, 0.5) is 0 Å². The Kier molecular flexibility index (Phi) is 4.24. The number of hydrazine groups is 1. The highest BCUT2D eigenvalue weighted by molar-refractivity contribution is 6.27. The molecule has 2 aromatic rings. The van der Waals surface area contributed by atoms with E-state index in [2.05, 4.69) is 20.4 Å². The van der Waals surface area contributed by atoms with E-state index in [0.717, 1.165) is 23.4 Å². The second kappa shape index (κ2) is 5.92. The van der Waals surface area contributed by atoms with Gasteiger partial charge in [-0.15, -0.1) is 11.6 Å². The minimum Gasteiger partial charge on any atom is -0.329 e. The molecule has 1 aromatic heterocycles. The quantitative estimate of drug-likeness (QED) is 0.663. The fourth-order valence-corrected chi connectivity index (χ4v) is 2.09. The fraction of sp³-hybridized carbons (Fsp3) is 0.308. The lowest BCUT2D eigenvalue weighted by Gasteiger charge is -2.06. The second-order valence-corrected chi connectivity index (χ2v) is 4.51. The molecule has 0 aliphatic carbocycles. The summed E-state index contributed by atoms with van der Waals surface area (Å²) in [5.74, 6) is -0.184. The maximum absolute atomic E-state index is 11.9. The number of aryl methyl sites for hydroxylation is 2. The van der Waals surface area contributed by atoms with Crippen molar-refractivity contribution in [2.24, 2.45) is 0 Å². The van der Waals surface area contributed by atoms with Crippen molar-refractivity contribution >= 4 is 34.4 Å². The Balaban J connectivity index is 2.23. The molecule has 0 spiro atoms. The predicted molar refractivity (Wildman–Crippen MR) is 76.5 cm³/mol. The van der Waals surface area contributed by atoms with E-state index in [0.29, 0.717) is 5.56 Å². The summed E-state index contributed by atoms with van der Waals surface area (Å²) in [4.78, 5) is 27.3. The third-order valence-electron chi connectivity index (χ3n) is 2.95. The molecule has 0 fully saturated rings. The van der Waals surface area contributed by atoms with Gasteiger partial charge in [-0.25, -0.2) is 4.98 Å². The number of rotatable bonds is 3. The lowest BCUT2D eigenvalue weighted by Crippen LogP contribution is -2.42. The van der Waals surface area contributed by atoms with Crippen molar-refractivity contribution in [2.75, 3.05) is 5.88 Å². The van der Waals surface area contributed by atoms with Crippen LogP contribution in [0.15, 0.2) is 18.2 Å². The average Bonchev–Trinajstić information content (AvgIpc) is 2.78. The van der Waals surface area contributed by atoms with Crippen molar-refractivity contribution in [3.8, 4) is 0 Å². The molecule has 0 bridgehead atoms. The van der Waals surface area contributed by atoms with Gasteiger partial charge < -0.3 is 4.57 Å². The van der Waals surface area contributed by atoms with Gasteiger partial charge in [0.05, 0.1) is 11.0 Å². The van der Waals surface area contributed by atoms with E-state index in [1.165, 1.54) is 0 Å². The van der Waals surface area contributed by atoms with Crippen molar-refractivity contribution < 1.29 is 9.59 Å². The standard InChI is InChI=1S/C13H15ClN4O2/c1-3-18-8(2)15-10-6-9(4-5-11(10)18)13(20)17-16-12(19)7-14/h4-6H,3,7H2,1-2H3,(H,16,19)(H,17,20). The van der Waals surface area contributed by atoms with Gasteiger partial charge in [0.2, 0.25) is 0 Å². The van der Waals surface area contributed by atoms with Gasteiger partial charge in [-0.2, -0.15) is 0 Å². The molecule has 2 rings (SSSR count). The number of nitrogens with zero attached hydrogens (tertiary/aromatic N) is 2. The molecule has 0 saturated carbocycles. The summed E-state index contributed by atoms with van der Waals surface area (Å²) >= 11 is 5.32. The van der Waals surface area contributed by atoms with E-state index in [1.807, 2.05) is 19.9 Å². The number of halogens is 1. The number of amides is 2. The van der Waals surface area contributed by atoms with E-state index in [1.54, 1.807) is 12.1 Å². The number of carbonyl (C=O) groups excluding carboxylic acids is 2. The van der Waals surface area contributed by atoms with Crippen LogP contribution in [0.5, 0.6) is 0 Å². The van der Waals surface area contributed by atoms with E-state index >= 15 is 0 Å². The Morgan fingerprint density at radius 3 is 2.75 bits per heavy atom. The number of hydrogen-bond donors (Lipinski definition) is 2. The predicted octanol–water partition coefficient (Wildman–Crippen LogP) is 1.36. The van der Waals surface area contributed by atoms with Crippen LogP contribution in [0.25, 0.3) is 11.0 Å². The van der Waals surface area contributed by atoms with Gasteiger partial charge in [-0.1, -0.05) is 0 Å². The second-order valence-electron chi connectivity index (χ2n) is 4.24.